The molecule has 90 valence electrons. The van der Waals surface area contributed by atoms with E-state index in [0.717, 1.165) is 25.5 Å². The monoisotopic (exact) mass is 243 g/mol. The second-order valence-corrected chi connectivity index (χ2v) is 3.58. The van der Waals surface area contributed by atoms with Gasteiger partial charge in [-0.25, -0.2) is 0 Å². The number of hydrogen-bond acceptors (Lipinski definition) is 3. The lowest BCUT2D eigenvalue weighted by Gasteiger charge is -2.24. The standard InChI is InChI=1S/C12H17NO2.ClH/c1-2-15-11-5-3-10(4-6-11)12-9-14-8-7-13-12;/h3-6,12-13H,2,7-9H2,1H3;1H/t12-;/m1./s1. The molecule has 1 atom stereocenters. The van der Waals surface area contributed by atoms with Crippen LogP contribution in [0.1, 0.15) is 18.5 Å². The normalized spacial score (nSPS) is 19.9. The third-order valence-corrected chi connectivity index (χ3v) is 2.52. The lowest BCUT2D eigenvalue weighted by atomic mass is 10.1. The van der Waals surface area contributed by atoms with Gasteiger partial charge in [0.2, 0.25) is 0 Å². The maximum atomic E-state index is 5.42. The minimum absolute atomic E-state index is 0. The average molecular weight is 244 g/mol. The van der Waals surface area contributed by atoms with Gasteiger partial charge in [0, 0.05) is 6.54 Å². The van der Waals surface area contributed by atoms with E-state index in [4.69, 9.17) is 9.47 Å². The Morgan fingerprint density at radius 3 is 2.69 bits per heavy atom. The number of ether oxygens (including phenoxy) is 2. The minimum atomic E-state index is 0. The Kier molecular flexibility index (Phi) is 5.60. The van der Waals surface area contributed by atoms with Gasteiger partial charge in [0.15, 0.2) is 0 Å². The molecule has 0 spiro atoms. The van der Waals surface area contributed by atoms with E-state index < -0.39 is 0 Å². The molecule has 1 saturated heterocycles. The van der Waals surface area contributed by atoms with Gasteiger partial charge in [-0.15, -0.1) is 12.4 Å². The van der Waals surface area contributed by atoms with Crippen LogP contribution in [0.4, 0.5) is 0 Å². The minimum Gasteiger partial charge on any atom is -0.494 e. The summed E-state index contributed by atoms with van der Waals surface area (Å²) >= 11 is 0. The molecule has 0 amide bonds. The average Bonchev–Trinajstić information content (AvgIpc) is 2.32. The quantitative estimate of drug-likeness (QED) is 0.883. The van der Waals surface area contributed by atoms with Crippen molar-refractivity contribution in [3.05, 3.63) is 29.8 Å². The Labute approximate surface area is 103 Å². The molecule has 0 saturated carbocycles. The summed E-state index contributed by atoms with van der Waals surface area (Å²) in [6.07, 6.45) is 0. The van der Waals surface area contributed by atoms with E-state index in [-0.39, 0.29) is 12.4 Å². The molecule has 0 unspecified atom stereocenters. The first-order valence-electron chi connectivity index (χ1n) is 5.44. The molecule has 0 radical (unpaired) electrons. The summed E-state index contributed by atoms with van der Waals surface area (Å²) in [5.74, 6) is 0.929. The van der Waals surface area contributed by atoms with Crippen LogP contribution in [-0.2, 0) is 4.74 Å². The van der Waals surface area contributed by atoms with E-state index >= 15 is 0 Å². The van der Waals surface area contributed by atoms with Crippen molar-refractivity contribution in [2.45, 2.75) is 13.0 Å². The van der Waals surface area contributed by atoms with Crippen molar-refractivity contribution < 1.29 is 9.47 Å². The second kappa shape index (κ2) is 6.74. The predicted molar refractivity (Wildman–Crippen MR) is 66.4 cm³/mol. The van der Waals surface area contributed by atoms with Gasteiger partial charge in [0.1, 0.15) is 5.75 Å². The SMILES string of the molecule is CCOc1ccc([C@H]2COCCN2)cc1.Cl. The molecule has 0 aliphatic carbocycles. The van der Waals surface area contributed by atoms with Crippen LogP contribution in [0.5, 0.6) is 5.75 Å². The Morgan fingerprint density at radius 2 is 2.12 bits per heavy atom. The fraction of sp³-hybridized carbons (Fsp3) is 0.500. The molecule has 1 aromatic carbocycles. The van der Waals surface area contributed by atoms with Gasteiger partial charge in [-0.2, -0.15) is 0 Å². The van der Waals surface area contributed by atoms with Crippen molar-refractivity contribution in [2.24, 2.45) is 0 Å². The van der Waals surface area contributed by atoms with Gasteiger partial charge in [0.25, 0.3) is 0 Å². The van der Waals surface area contributed by atoms with Crippen molar-refractivity contribution in [2.75, 3.05) is 26.4 Å². The van der Waals surface area contributed by atoms with Crippen molar-refractivity contribution in [3.8, 4) is 5.75 Å². The van der Waals surface area contributed by atoms with E-state index in [1.54, 1.807) is 0 Å². The molecule has 1 heterocycles. The third-order valence-electron chi connectivity index (χ3n) is 2.52. The zero-order valence-corrected chi connectivity index (χ0v) is 10.3. The number of halogens is 1. The summed E-state index contributed by atoms with van der Waals surface area (Å²) < 4.78 is 10.8. The predicted octanol–water partition coefficient (Wildman–Crippen LogP) is 2.17. The topological polar surface area (TPSA) is 30.5 Å². The number of nitrogens with one attached hydrogen (secondary N) is 1. The van der Waals surface area contributed by atoms with Crippen molar-refractivity contribution >= 4 is 12.4 Å². The first kappa shape index (κ1) is 13.3. The molecule has 1 fully saturated rings. The Balaban J connectivity index is 0.00000128. The lowest BCUT2D eigenvalue weighted by molar-refractivity contribution is 0.0768. The van der Waals surface area contributed by atoms with E-state index in [1.807, 2.05) is 19.1 Å². The highest BCUT2D eigenvalue weighted by Gasteiger charge is 2.14. The maximum absolute atomic E-state index is 5.42. The van der Waals surface area contributed by atoms with Crippen LogP contribution in [0.15, 0.2) is 24.3 Å². The summed E-state index contributed by atoms with van der Waals surface area (Å²) in [7, 11) is 0. The van der Waals surface area contributed by atoms with Gasteiger partial charge in [-0.1, -0.05) is 12.1 Å². The van der Waals surface area contributed by atoms with Crippen LogP contribution in [0.2, 0.25) is 0 Å². The van der Waals surface area contributed by atoms with Gasteiger partial charge < -0.3 is 14.8 Å². The van der Waals surface area contributed by atoms with E-state index in [1.165, 1.54) is 5.56 Å². The molecule has 1 N–H and O–H groups in total. The summed E-state index contributed by atoms with van der Waals surface area (Å²) in [6, 6.07) is 8.54. The van der Waals surface area contributed by atoms with E-state index in [2.05, 4.69) is 17.4 Å². The van der Waals surface area contributed by atoms with Gasteiger partial charge in [-0.05, 0) is 24.6 Å². The molecule has 16 heavy (non-hydrogen) atoms. The number of rotatable bonds is 3. The van der Waals surface area contributed by atoms with Crippen LogP contribution in [0, 0.1) is 0 Å². The summed E-state index contributed by atoms with van der Waals surface area (Å²) in [5.41, 5.74) is 1.26. The molecule has 1 aliphatic rings. The van der Waals surface area contributed by atoms with Crippen molar-refractivity contribution in [1.29, 1.82) is 0 Å². The second-order valence-electron chi connectivity index (χ2n) is 3.58. The zero-order valence-electron chi connectivity index (χ0n) is 9.44. The molecule has 4 heteroatoms. The molecule has 1 aliphatic heterocycles. The smallest absolute Gasteiger partial charge is 0.119 e. The first-order chi connectivity index (χ1) is 7.40. The highest BCUT2D eigenvalue weighted by Crippen LogP contribution is 2.19. The lowest BCUT2D eigenvalue weighted by Crippen LogP contribution is -2.34. The first-order valence-corrected chi connectivity index (χ1v) is 5.44. The number of hydrogen-bond donors (Lipinski definition) is 1. The molecule has 3 nitrogen and oxygen atoms in total. The highest BCUT2D eigenvalue weighted by molar-refractivity contribution is 5.85. The molecule has 0 bridgehead atoms. The third kappa shape index (κ3) is 3.37. The largest absolute Gasteiger partial charge is 0.494 e. The Hall–Kier alpha value is -0.770. The van der Waals surface area contributed by atoms with Crippen LogP contribution in [0.25, 0.3) is 0 Å². The van der Waals surface area contributed by atoms with E-state index in [9.17, 15) is 0 Å². The molecule has 2 rings (SSSR count). The molecule has 0 aromatic heterocycles. The van der Waals surface area contributed by atoms with Crippen LogP contribution < -0.4 is 10.1 Å². The van der Waals surface area contributed by atoms with Gasteiger partial charge >= 0.3 is 0 Å². The molecule has 1 aromatic rings. The van der Waals surface area contributed by atoms with Crippen LogP contribution in [0.3, 0.4) is 0 Å². The fourth-order valence-electron chi connectivity index (χ4n) is 1.74. The number of morpholine rings is 1. The van der Waals surface area contributed by atoms with E-state index in [0.29, 0.717) is 12.6 Å². The molecular weight excluding hydrogens is 226 g/mol. The summed E-state index contributed by atoms with van der Waals surface area (Å²) in [6.45, 7) is 5.20. The summed E-state index contributed by atoms with van der Waals surface area (Å²) in [4.78, 5) is 0. The van der Waals surface area contributed by atoms with Crippen molar-refractivity contribution in [1.82, 2.24) is 5.32 Å². The maximum Gasteiger partial charge on any atom is 0.119 e. The number of benzene rings is 1. The Bertz CT molecular complexity index is 296. The van der Waals surface area contributed by atoms with Gasteiger partial charge in [-0.3, -0.25) is 0 Å². The zero-order chi connectivity index (χ0) is 10.5. The van der Waals surface area contributed by atoms with Crippen LogP contribution in [-0.4, -0.2) is 26.4 Å². The Morgan fingerprint density at radius 1 is 1.38 bits per heavy atom. The fourth-order valence-corrected chi connectivity index (χ4v) is 1.74. The summed E-state index contributed by atoms with van der Waals surface area (Å²) in [5, 5.41) is 3.42. The van der Waals surface area contributed by atoms with Gasteiger partial charge in [0.05, 0.1) is 25.9 Å². The highest BCUT2D eigenvalue weighted by atomic mass is 35.5. The van der Waals surface area contributed by atoms with Crippen molar-refractivity contribution in [3.63, 3.8) is 0 Å². The molecular formula is C12H18ClNO2. The van der Waals surface area contributed by atoms with Crippen LogP contribution >= 0.6 is 12.4 Å².